The highest BCUT2D eigenvalue weighted by molar-refractivity contribution is 6.31. The van der Waals surface area contributed by atoms with E-state index >= 15 is 0 Å². The van der Waals surface area contributed by atoms with E-state index < -0.39 is 44.9 Å². The Hall–Kier alpha value is -2.22. The standard InChI is InChI=1S/C9H5ClFNO6/c10-4-2-6(12(17)18)3(1-5(4)11)7(8(13)14)9(15)16/h1-2,7H,(H,13,14)(H,15,16). The molecule has 9 heteroatoms. The Morgan fingerprint density at radius 2 is 1.83 bits per heavy atom. The molecule has 0 amide bonds. The molecule has 0 aliphatic carbocycles. The van der Waals surface area contributed by atoms with Crippen LogP contribution < -0.4 is 0 Å². The molecule has 18 heavy (non-hydrogen) atoms. The molecule has 0 unspecified atom stereocenters. The van der Waals surface area contributed by atoms with Gasteiger partial charge in [-0.05, 0) is 6.07 Å². The number of carboxylic acid groups (broad SMARTS) is 2. The zero-order chi connectivity index (χ0) is 14.0. The fraction of sp³-hybridized carbons (Fsp3) is 0.111. The molecule has 96 valence electrons. The molecule has 0 aliphatic rings. The molecule has 0 saturated heterocycles. The summed E-state index contributed by atoms with van der Waals surface area (Å²) < 4.78 is 13.2. The quantitative estimate of drug-likeness (QED) is 0.491. The Morgan fingerprint density at radius 1 is 1.33 bits per heavy atom. The van der Waals surface area contributed by atoms with E-state index in [1.54, 1.807) is 0 Å². The van der Waals surface area contributed by atoms with Crippen molar-refractivity contribution >= 4 is 29.2 Å². The number of hydrogen-bond acceptors (Lipinski definition) is 4. The van der Waals surface area contributed by atoms with Crippen LogP contribution in [0, 0.1) is 15.9 Å². The first-order valence-corrected chi connectivity index (χ1v) is 4.72. The van der Waals surface area contributed by atoms with Crippen LogP contribution in [0.4, 0.5) is 10.1 Å². The summed E-state index contributed by atoms with van der Waals surface area (Å²) in [5.41, 5.74) is -1.64. The van der Waals surface area contributed by atoms with Crippen LogP contribution in [0.3, 0.4) is 0 Å². The molecule has 0 saturated carbocycles. The normalized spacial score (nSPS) is 10.4. The van der Waals surface area contributed by atoms with Crippen molar-refractivity contribution in [1.29, 1.82) is 0 Å². The van der Waals surface area contributed by atoms with E-state index in [0.717, 1.165) is 0 Å². The van der Waals surface area contributed by atoms with Gasteiger partial charge in [0.25, 0.3) is 5.69 Å². The summed E-state index contributed by atoms with van der Waals surface area (Å²) in [6, 6.07) is 1.01. The molecular weight excluding hydrogens is 273 g/mol. The molecule has 0 fully saturated rings. The van der Waals surface area contributed by atoms with E-state index in [1.165, 1.54) is 0 Å². The maximum atomic E-state index is 13.2. The lowest BCUT2D eigenvalue weighted by molar-refractivity contribution is -0.385. The average molecular weight is 278 g/mol. The maximum Gasteiger partial charge on any atom is 0.322 e. The van der Waals surface area contributed by atoms with Gasteiger partial charge in [0.15, 0.2) is 5.92 Å². The van der Waals surface area contributed by atoms with Crippen LogP contribution >= 0.6 is 11.6 Å². The molecule has 0 aliphatic heterocycles. The lowest BCUT2D eigenvalue weighted by Gasteiger charge is -2.09. The number of benzene rings is 1. The number of nitro benzene ring substituents is 1. The predicted octanol–water partition coefficient (Wildman–Crippen LogP) is 1.64. The summed E-state index contributed by atoms with van der Waals surface area (Å²) in [6.07, 6.45) is 0. The third kappa shape index (κ3) is 2.54. The number of carbonyl (C=O) groups is 2. The van der Waals surface area contributed by atoms with Crippen molar-refractivity contribution in [3.05, 3.63) is 38.7 Å². The maximum absolute atomic E-state index is 13.2. The van der Waals surface area contributed by atoms with Gasteiger partial charge < -0.3 is 10.2 Å². The molecule has 0 radical (unpaired) electrons. The first kappa shape index (κ1) is 13.8. The molecule has 2 N–H and O–H groups in total. The van der Waals surface area contributed by atoms with Crippen molar-refractivity contribution in [3.63, 3.8) is 0 Å². The Balaban J connectivity index is 3.55. The first-order valence-electron chi connectivity index (χ1n) is 4.34. The van der Waals surface area contributed by atoms with Crippen LogP contribution in [0.5, 0.6) is 0 Å². The number of halogens is 2. The zero-order valence-electron chi connectivity index (χ0n) is 8.46. The number of nitrogens with zero attached hydrogens (tertiary/aromatic N) is 1. The monoisotopic (exact) mass is 277 g/mol. The molecule has 0 aromatic heterocycles. The minimum atomic E-state index is -2.24. The summed E-state index contributed by atoms with van der Waals surface area (Å²) in [5.74, 6) is -7.05. The zero-order valence-corrected chi connectivity index (χ0v) is 9.22. The molecule has 0 heterocycles. The second-order valence-corrected chi connectivity index (χ2v) is 3.60. The summed E-state index contributed by atoms with van der Waals surface area (Å²) in [5, 5.41) is 27.5. The Bertz CT molecular complexity index is 532. The molecule has 0 atom stereocenters. The predicted molar refractivity (Wildman–Crippen MR) is 56.1 cm³/mol. The van der Waals surface area contributed by atoms with E-state index in [1.807, 2.05) is 0 Å². The summed E-state index contributed by atoms with van der Waals surface area (Å²) in [6.45, 7) is 0. The van der Waals surface area contributed by atoms with E-state index in [9.17, 15) is 24.1 Å². The second kappa shape index (κ2) is 4.96. The van der Waals surface area contributed by atoms with E-state index in [0.29, 0.717) is 12.1 Å². The first-order chi connectivity index (χ1) is 8.25. The highest BCUT2D eigenvalue weighted by atomic mass is 35.5. The smallest absolute Gasteiger partial charge is 0.322 e. The molecular formula is C9H5ClFNO6. The second-order valence-electron chi connectivity index (χ2n) is 3.19. The number of nitro groups is 1. The van der Waals surface area contributed by atoms with E-state index in [4.69, 9.17) is 21.8 Å². The van der Waals surface area contributed by atoms with Gasteiger partial charge in [-0.25, -0.2) is 4.39 Å². The third-order valence-electron chi connectivity index (χ3n) is 2.07. The van der Waals surface area contributed by atoms with Crippen molar-refractivity contribution in [2.75, 3.05) is 0 Å². The highest BCUT2D eigenvalue weighted by Gasteiger charge is 2.35. The van der Waals surface area contributed by atoms with Gasteiger partial charge in [0.2, 0.25) is 0 Å². The number of carboxylic acids is 2. The Morgan fingerprint density at radius 3 is 2.22 bits per heavy atom. The summed E-state index contributed by atoms with van der Waals surface area (Å²) in [7, 11) is 0. The van der Waals surface area contributed by atoms with Gasteiger partial charge in [0.05, 0.1) is 15.5 Å². The minimum absolute atomic E-state index is 0.438. The fourth-order valence-corrected chi connectivity index (χ4v) is 1.47. The van der Waals surface area contributed by atoms with E-state index in [-0.39, 0.29) is 0 Å². The van der Waals surface area contributed by atoms with Gasteiger partial charge in [0, 0.05) is 6.07 Å². The molecule has 7 nitrogen and oxygen atoms in total. The van der Waals surface area contributed by atoms with Gasteiger partial charge >= 0.3 is 11.9 Å². The molecule has 1 aromatic rings. The van der Waals surface area contributed by atoms with Gasteiger partial charge in [-0.1, -0.05) is 11.6 Å². The summed E-state index contributed by atoms with van der Waals surface area (Å²) >= 11 is 5.32. The van der Waals surface area contributed by atoms with Crippen LogP contribution in [0.1, 0.15) is 11.5 Å². The molecule has 0 bridgehead atoms. The van der Waals surface area contributed by atoms with Crippen molar-refractivity contribution in [2.24, 2.45) is 0 Å². The molecule has 1 rings (SSSR count). The van der Waals surface area contributed by atoms with Crippen LogP contribution in [0.25, 0.3) is 0 Å². The number of rotatable bonds is 4. The van der Waals surface area contributed by atoms with Crippen molar-refractivity contribution in [1.82, 2.24) is 0 Å². The summed E-state index contributed by atoms with van der Waals surface area (Å²) in [4.78, 5) is 31.2. The van der Waals surface area contributed by atoms with Crippen LogP contribution in [-0.4, -0.2) is 27.1 Å². The van der Waals surface area contributed by atoms with Gasteiger partial charge in [-0.2, -0.15) is 0 Å². The Kier molecular flexibility index (Phi) is 3.82. The largest absolute Gasteiger partial charge is 0.480 e. The fourth-order valence-electron chi connectivity index (χ4n) is 1.31. The third-order valence-corrected chi connectivity index (χ3v) is 2.36. The Labute approximate surface area is 104 Å². The van der Waals surface area contributed by atoms with Crippen molar-refractivity contribution in [3.8, 4) is 0 Å². The van der Waals surface area contributed by atoms with Crippen molar-refractivity contribution < 1.29 is 29.1 Å². The van der Waals surface area contributed by atoms with Gasteiger partial charge in [-0.3, -0.25) is 19.7 Å². The topological polar surface area (TPSA) is 118 Å². The number of hydrogen-bond donors (Lipinski definition) is 2. The lowest BCUT2D eigenvalue weighted by Crippen LogP contribution is -2.22. The number of aliphatic carboxylic acids is 2. The van der Waals surface area contributed by atoms with Crippen molar-refractivity contribution in [2.45, 2.75) is 5.92 Å². The minimum Gasteiger partial charge on any atom is -0.480 e. The van der Waals surface area contributed by atoms with Gasteiger partial charge in [0.1, 0.15) is 5.82 Å². The van der Waals surface area contributed by atoms with Crippen LogP contribution in [-0.2, 0) is 9.59 Å². The van der Waals surface area contributed by atoms with Crippen LogP contribution in [0.15, 0.2) is 12.1 Å². The lowest BCUT2D eigenvalue weighted by atomic mass is 9.97. The molecule has 0 spiro atoms. The SMILES string of the molecule is O=C(O)C(C(=O)O)c1cc(F)c(Cl)cc1[N+](=O)[O-]. The average Bonchev–Trinajstić information content (AvgIpc) is 2.21. The highest BCUT2D eigenvalue weighted by Crippen LogP contribution is 2.32. The molecule has 1 aromatic carbocycles. The van der Waals surface area contributed by atoms with E-state index in [2.05, 4.69) is 0 Å². The van der Waals surface area contributed by atoms with Gasteiger partial charge in [-0.15, -0.1) is 0 Å². The van der Waals surface area contributed by atoms with Crippen LogP contribution in [0.2, 0.25) is 5.02 Å².